The van der Waals surface area contributed by atoms with E-state index in [1.165, 1.54) is 30.6 Å². The van der Waals surface area contributed by atoms with Crippen LogP contribution in [0.3, 0.4) is 0 Å². The Balaban J connectivity index is 2.67. The first-order chi connectivity index (χ1) is 8.50. The lowest BCUT2D eigenvalue weighted by Crippen LogP contribution is -2.45. The lowest BCUT2D eigenvalue weighted by Gasteiger charge is -2.30. The third-order valence-corrected chi connectivity index (χ3v) is 3.12. The topological polar surface area (TPSA) is 87.7 Å². The van der Waals surface area contributed by atoms with Gasteiger partial charge in [0.2, 0.25) is 0 Å². The number of hydrogen-bond acceptors (Lipinski definition) is 3. The van der Waals surface area contributed by atoms with Gasteiger partial charge in [-0.2, -0.15) is 0 Å². The van der Waals surface area contributed by atoms with Crippen molar-refractivity contribution in [2.45, 2.75) is 12.3 Å². The fourth-order valence-electron chi connectivity index (χ4n) is 2.23. The molecule has 0 spiro atoms. The molecule has 2 unspecified atom stereocenters. The Hall–Kier alpha value is -2.30. The summed E-state index contributed by atoms with van der Waals surface area (Å²) in [5.74, 6) is -3.48. The third kappa shape index (κ3) is 1.55. The monoisotopic (exact) mass is 248 g/mol. The van der Waals surface area contributed by atoms with Crippen LogP contribution in [-0.2, 0) is 15.0 Å². The standard InChI is InChI=1S/C13H12O5/c1-8-5-7-18-10(8)13(12(16)17)6-3-2-4-9(13)11(14)15/h2-7,9H,1H3,(H,14,15)(H,16,17). The van der Waals surface area contributed by atoms with Crippen molar-refractivity contribution in [2.75, 3.05) is 0 Å². The molecule has 5 heteroatoms. The summed E-state index contributed by atoms with van der Waals surface area (Å²) in [6, 6.07) is 1.62. The van der Waals surface area contributed by atoms with Crippen molar-refractivity contribution in [3.8, 4) is 0 Å². The fraction of sp³-hybridized carbons (Fsp3) is 0.231. The van der Waals surface area contributed by atoms with Crippen molar-refractivity contribution >= 4 is 11.9 Å². The van der Waals surface area contributed by atoms with Crippen LogP contribution in [0.25, 0.3) is 0 Å². The Morgan fingerprint density at radius 2 is 2.06 bits per heavy atom. The Bertz CT molecular complexity index is 551. The molecule has 2 N–H and O–H groups in total. The number of furan rings is 1. The number of aryl methyl sites for hydroxylation is 1. The maximum atomic E-state index is 11.6. The first-order valence-corrected chi connectivity index (χ1v) is 5.37. The Morgan fingerprint density at radius 1 is 1.33 bits per heavy atom. The van der Waals surface area contributed by atoms with E-state index in [0.29, 0.717) is 5.56 Å². The van der Waals surface area contributed by atoms with Crippen LogP contribution in [0, 0.1) is 12.8 Å². The summed E-state index contributed by atoms with van der Waals surface area (Å²) in [5.41, 5.74) is -1.07. The van der Waals surface area contributed by atoms with Crippen LogP contribution in [0.4, 0.5) is 0 Å². The highest BCUT2D eigenvalue weighted by atomic mass is 16.4. The lowest BCUT2D eigenvalue weighted by molar-refractivity contribution is -0.152. The molecule has 1 aromatic heterocycles. The summed E-state index contributed by atoms with van der Waals surface area (Å²) in [5, 5.41) is 18.7. The molecule has 2 atom stereocenters. The van der Waals surface area contributed by atoms with Gasteiger partial charge in [0.25, 0.3) is 0 Å². The molecule has 1 heterocycles. The molecule has 94 valence electrons. The van der Waals surface area contributed by atoms with E-state index in [0.717, 1.165) is 0 Å². The predicted molar refractivity (Wildman–Crippen MR) is 62.2 cm³/mol. The summed E-state index contributed by atoms with van der Waals surface area (Å²) in [6.45, 7) is 1.69. The largest absolute Gasteiger partial charge is 0.481 e. The molecule has 1 aromatic rings. The van der Waals surface area contributed by atoms with Crippen molar-refractivity contribution in [1.82, 2.24) is 0 Å². The van der Waals surface area contributed by atoms with Gasteiger partial charge in [-0.3, -0.25) is 9.59 Å². The average molecular weight is 248 g/mol. The maximum absolute atomic E-state index is 11.6. The summed E-state index contributed by atoms with van der Waals surface area (Å²) >= 11 is 0. The smallest absolute Gasteiger partial charge is 0.322 e. The zero-order valence-corrected chi connectivity index (χ0v) is 9.66. The van der Waals surface area contributed by atoms with Crippen LogP contribution in [0.5, 0.6) is 0 Å². The second-order valence-corrected chi connectivity index (χ2v) is 4.17. The lowest BCUT2D eigenvalue weighted by atomic mass is 9.70. The van der Waals surface area contributed by atoms with Gasteiger partial charge in [-0.15, -0.1) is 0 Å². The van der Waals surface area contributed by atoms with Gasteiger partial charge in [0, 0.05) is 0 Å². The molecule has 0 fully saturated rings. The van der Waals surface area contributed by atoms with E-state index in [1.54, 1.807) is 13.0 Å². The molecule has 5 nitrogen and oxygen atoms in total. The van der Waals surface area contributed by atoms with Crippen LogP contribution in [0.2, 0.25) is 0 Å². The molecule has 0 aliphatic heterocycles. The van der Waals surface area contributed by atoms with Gasteiger partial charge >= 0.3 is 11.9 Å². The number of aliphatic carboxylic acids is 2. The highest BCUT2D eigenvalue weighted by molar-refractivity contribution is 5.92. The van der Waals surface area contributed by atoms with Crippen molar-refractivity contribution in [3.05, 3.63) is 48.0 Å². The number of carboxylic acid groups (broad SMARTS) is 2. The fourth-order valence-corrected chi connectivity index (χ4v) is 2.23. The van der Waals surface area contributed by atoms with Crippen molar-refractivity contribution < 1.29 is 24.2 Å². The summed E-state index contributed by atoms with van der Waals surface area (Å²) in [6.07, 6.45) is 7.13. The van der Waals surface area contributed by atoms with Gasteiger partial charge in [-0.1, -0.05) is 24.3 Å². The van der Waals surface area contributed by atoms with E-state index in [2.05, 4.69) is 0 Å². The van der Waals surface area contributed by atoms with Crippen LogP contribution in [0.1, 0.15) is 11.3 Å². The Labute approximate surface area is 103 Å². The van der Waals surface area contributed by atoms with Gasteiger partial charge in [0.05, 0.1) is 6.26 Å². The zero-order chi connectivity index (χ0) is 13.3. The normalized spacial score (nSPS) is 26.2. The molecule has 0 amide bonds. The van der Waals surface area contributed by atoms with Gasteiger partial charge in [-0.05, 0) is 18.6 Å². The number of allylic oxidation sites excluding steroid dienone is 2. The zero-order valence-electron chi connectivity index (χ0n) is 9.66. The van der Waals surface area contributed by atoms with Crippen LogP contribution in [0.15, 0.2) is 41.1 Å². The molecule has 0 bridgehead atoms. The molecule has 0 radical (unpaired) electrons. The van der Waals surface area contributed by atoms with Crippen LogP contribution < -0.4 is 0 Å². The van der Waals surface area contributed by atoms with E-state index in [1.807, 2.05) is 0 Å². The maximum Gasteiger partial charge on any atom is 0.322 e. The summed E-state index contributed by atoms with van der Waals surface area (Å²) in [4.78, 5) is 22.9. The van der Waals surface area contributed by atoms with E-state index < -0.39 is 23.3 Å². The molecule has 1 aliphatic rings. The number of carboxylic acids is 2. The SMILES string of the molecule is Cc1ccoc1C1(C(=O)O)C=CC=CC1C(=O)O. The second kappa shape index (κ2) is 4.18. The molecule has 1 aliphatic carbocycles. The second-order valence-electron chi connectivity index (χ2n) is 4.17. The molecule has 2 rings (SSSR count). The van der Waals surface area contributed by atoms with Gasteiger partial charge in [-0.25, -0.2) is 0 Å². The van der Waals surface area contributed by atoms with Crippen LogP contribution >= 0.6 is 0 Å². The summed E-state index contributed by atoms with van der Waals surface area (Å²) in [7, 11) is 0. The number of hydrogen-bond donors (Lipinski definition) is 2. The van der Waals surface area contributed by atoms with E-state index in [4.69, 9.17) is 4.42 Å². The Kier molecular flexibility index (Phi) is 2.82. The Morgan fingerprint density at radius 3 is 2.56 bits per heavy atom. The minimum Gasteiger partial charge on any atom is -0.481 e. The quantitative estimate of drug-likeness (QED) is 0.850. The number of rotatable bonds is 3. The highest BCUT2D eigenvalue weighted by Crippen LogP contribution is 2.40. The van der Waals surface area contributed by atoms with E-state index in [-0.39, 0.29) is 5.76 Å². The molecule has 0 aromatic carbocycles. The molecule has 0 saturated heterocycles. The van der Waals surface area contributed by atoms with E-state index >= 15 is 0 Å². The highest BCUT2D eigenvalue weighted by Gasteiger charge is 2.52. The van der Waals surface area contributed by atoms with Gasteiger partial charge < -0.3 is 14.6 Å². The van der Waals surface area contributed by atoms with Crippen molar-refractivity contribution in [3.63, 3.8) is 0 Å². The molecular formula is C13H12O5. The van der Waals surface area contributed by atoms with Gasteiger partial charge in [0.15, 0.2) is 5.41 Å². The average Bonchev–Trinajstić information content (AvgIpc) is 2.75. The third-order valence-electron chi connectivity index (χ3n) is 3.12. The first kappa shape index (κ1) is 12.2. The molecular weight excluding hydrogens is 236 g/mol. The first-order valence-electron chi connectivity index (χ1n) is 5.37. The summed E-state index contributed by atoms with van der Waals surface area (Å²) < 4.78 is 5.22. The molecule has 18 heavy (non-hydrogen) atoms. The molecule has 0 saturated carbocycles. The minimum absolute atomic E-state index is 0.156. The number of carbonyl (C=O) groups is 2. The van der Waals surface area contributed by atoms with Crippen molar-refractivity contribution in [2.24, 2.45) is 5.92 Å². The van der Waals surface area contributed by atoms with Gasteiger partial charge in [0.1, 0.15) is 11.7 Å². The van der Waals surface area contributed by atoms with E-state index in [9.17, 15) is 19.8 Å². The van der Waals surface area contributed by atoms with Crippen molar-refractivity contribution in [1.29, 1.82) is 0 Å². The van der Waals surface area contributed by atoms with Crippen LogP contribution in [-0.4, -0.2) is 22.2 Å². The minimum atomic E-state index is -1.69. The predicted octanol–water partition coefficient (Wildman–Crippen LogP) is 1.74.